The molecule has 0 aliphatic rings. The summed E-state index contributed by atoms with van der Waals surface area (Å²) >= 11 is 0. The van der Waals surface area contributed by atoms with E-state index in [4.69, 9.17) is 13.8 Å². The average Bonchev–Trinajstić information content (AvgIpc) is 2.53. The molecule has 0 rings (SSSR count). The third kappa shape index (κ3) is 18.7. The largest absolute Gasteiger partial charge is 0.756 e. The zero-order chi connectivity index (χ0) is 20.8. The van der Waals surface area contributed by atoms with Crippen molar-refractivity contribution in [2.75, 3.05) is 40.9 Å². The van der Waals surface area contributed by atoms with Gasteiger partial charge in [-0.3, -0.25) is 9.36 Å². The number of hydrogen-bond acceptors (Lipinski definition) is 6. The van der Waals surface area contributed by atoms with E-state index in [2.05, 4.69) is 6.92 Å². The first-order valence-corrected chi connectivity index (χ1v) is 11.6. The lowest BCUT2D eigenvalue weighted by molar-refractivity contribution is -0.870. The van der Waals surface area contributed by atoms with E-state index in [0.717, 1.165) is 19.3 Å². The molecule has 0 aliphatic carbocycles. The molecule has 0 radical (unpaired) electrons. The topological polar surface area (TPSA) is 84.9 Å². The third-order valence-corrected chi connectivity index (χ3v) is 5.11. The predicted octanol–water partition coefficient (Wildman–Crippen LogP) is 3.66. The molecule has 7 nitrogen and oxygen atoms in total. The summed E-state index contributed by atoms with van der Waals surface area (Å²) in [5, 5.41) is 0. The highest BCUT2D eigenvalue weighted by molar-refractivity contribution is 7.45. The Morgan fingerprint density at radius 3 is 2.07 bits per heavy atom. The van der Waals surface area contributed by atoms with Crippen LogP contribution in [0.1, 0.15) is 71.6 Å². The summed E-state index contributed by atoms with van der Waals surface area (Å²) in [6.07, 6.45) is 9.38. The molecule has 0 saturated carbocycles. The van der Waals surface area contributed by atoms with Crippen molar-refractivity contribution in [2.24, 2.45) is 0 Å². The van der Waals surface area contributed by atoms with E-state index in [0.29, 0.717) is 17.4 Å². The van der Waals surface area contributed by atoms with Crippen LogP contribution in [0.15, 0.2) is 0 Å². The Balaban J connectivity index is 4.10. The van der Waals surface area contributed by atoms with Crippen molar-refractivity contribution in [3.8, 4) is 0 Å². The fourth-order valence-corrected chi connectivity index (χ4v) is 3.28. The van der Waals surface area contributed by atoms with Gasteiger partial charge in [0, 0.05) is 6.92 Å². The SMILES string of the molecule is CCCCCCCCCCC(COP(=O)([O-])OCC[N+](C)(C)C)OC(C)=O. The van der Waals surface area contributed by atoms with Crippen molar-refractivity contribution in [1.82, 2.24) is 0 Å². The standard InChI is InChI=1S/C19H40NO6P/c1-6-7-8-9-10-11-12-13-14-19(26-18(2)21)17-25-27(22,23)24-16-15-20(3,4)5/h19H,6-17H2,1-5H3. The number of phosphoric ester groups is 1. The number of nitrogens with zero attached hydrogens (tertiary/aromatic N) is 1. The normalized spacial score (nSPS) is 15.3. The number of rotatable bonds is 17. The fraction of sp³-hybridized carbons (Fsp3) is 0.947. The van der Waals surface area contributed by atoms with Gasteiger partial charge in [-0.2, -0.15) is 0 Å². The van der Waals surface area contributed by atoms with Gasteiger partial charge in [-0.1, -0.05) is 51.9 Å². The number of esters is 1. The van der Waals surface area contributed by atoms with Gasteiger partial charge in [0.25, 0.3) is 7.82 Å². The molecule has 0 N–H and O–H groups in total. The van der Waals surface area contributed by atoms with Crippen LogP contribution in [0.5, 0.6) is 0 Å². The van der Waals surface area contributed by atoms with E-state index in [-0.39, 0.29) is 13.2 Å². The molecule has 2 atom stereocenters. The monoisotopic (exact) mass is 409 g/mol. The van der Waals surface area contributed by atoms with Gasteiger partial charge < -0.3 is 23.2 Å². The zero-order valence-corrected chi connectivity index (χ0v) is 18.8. The molecule has 0 amide bonds. The van der Waals surface area contributed by atoms with Crippen LogP contribution >= 0.6 is 7.82 Å². The van der Waals surface area contributed by atoms with E-state index < -0.39 is 19.9 Å². The lowest BCUT2D eigenvalue weighted by atomic mass is 10.1. The Bertz CT molecular complexity index is 438. The number of carbonyl (C=O) groups excluding carboxylic acids is 1. The summed E-state index contributed by atoms with van der Waals surface area (Å²) in [7, 11) is 1.45. The zero-order valence-electron chi connectivity index (χ0n) is 17.9. The summed E-state index contributed by atoms with van der Waals surface area (Å²) in [6, 6.07) is 0. The first-order valence-electron chi connectivity index (χ1n) is 10.1. The van der Waals surface area contributed by atoms with Gasteiger partial charge in [0.2, 0.25) is 0 Å². The average molecular weight is 410 g/mol. The Labute approximate surface area is 165 Å². The molecule has 0 aliphatic heterocycles. The second-order valence-corrected chi connectivity index (χ2v) is 9.50. The van der Waals surface area contributed by atoms with Gasteiger partial charge in [-0.05, 0) is 12.8 Å². The third-order valence-electron chi connectivity index (χ3n) is 4.14. The molecular formula is C19H40NO6P. The Morgan fingerprint density at radius 1 is 1.00 bits per heavy atom. The van der Waals surface area contributed by atoms with E-state index in [1.54, 1.807) is 0 Å². The van der Waals surface area contributed by atoms with Crippen molar-refractivity contribution >= 4 is 13.8 Å². The van der Waals surface area contributed by atoms with Crippen molar-refractivity contribution in [2.45, 2.75) is 77.7 Å². The molecule has 2 unspecified atom stereocenters. The number of hydrogen-bond donors (Lipinski definition) is 0. The van der Waals surface area contributed by atoms with Crippen molar-refractivity contribution in [3.63, 3.8) is 0 Å². The van der Waals surface area contributed by atoms with Crippen LogP contribution in [-0.4, -0.2) is 57.5 Å². The van der Waals surface area contributed by atoms with Crippen LogP contribution in [0.2, 0.25) is 0 Å². The molecule has 0 saturated heterocycles. The second kappa shape index (κ2) is 14.5. The van der Waals surface area contributed by atoms with Gasteiger partial charge in [0.1, 0.15) is 19.3 Å². The van der Waals surface area contributed by atoms with Gasteiger partial charge in [0.05, 0.1) is 27.7 Å². The summed E-state index contributed by atoms with van der Waals surface area (Å²) in [5.74, 6) is -0.435. The van der Waals surface area contributed by atoms with Crippen molar-refractivity contribution in [1.29, 1.82) is 0 Å². The predicted molar refractivity (Wildman–Crippen MR) is 105 cm³/mol. The maximum atomic E-state index is 11.8. The molecule has 0 bridgehead atoms. The van der Waals surface area contributed by atoms with Crippen molar-refractivity contribution in [3.05, 3.63) is 0 Å². The van der Waals surface area contributed by atoms with Crippen LogP contribution in [0.4, 0.5) is 0 Å². The molecule has 0 aromatic rings. The minimum Gasteiger partial charge on any atom is -0.756 e. The molecule has 27 heavy (non-hydrogen) atoms. The number of phosphoric acid groups is 1. The van der Waals surface area contributed by atoms with Crippen molar-refractivity contribution < 1.29 is 32.5 Å². The molecule has 0 spiro atoms. The van der Waals surface area contributed by atoms with Gasteiger partial charge in [-0.15, -0.1) is 0 Å². The van der Waals surface area contributed by atoms with E-state index in [1.807, 2.05) is 21.1 Å². The number of quaternary nitrogens is 1. The molecule has 0 heterocycles. The Morgan fingerprint density at radius 2 is 1.56 bits per heavy atom. The highest BCUT2D eigenvalue weighted by Gasteiger charge is 2.18. The van der Waals surface area contributed by atoms with E-state index in [1.165, 1.54) is 39.0 Å². The van der Waals surface area contributed by atoms with Gasteiger partial charge in [-0.25, -0.2) is 0 Å². The second-order valence-electron chi connectivity index (χ2n) is 8.09. The van der Waals surface area contributed by atoms with Crippen LogP contribution in [0.3, 0.4) is 0 Å². The van der Waals surface area contributed by atoms with Crippen LogP contribution in [-0.2, 0) is 23.1 Å². The van der Waals surface area contributed by atoms with E-state index >= 15 is 0 Å². The molecule has 0 aromatic carbocycles. The Kier molecular flexibility index (Phi) is 14.3. The highest BCUT2D eigenvalue weighted by atomic mass is 31.2. The lowest BCUT2D eigenvalue weighted by Gasteiger charge is -2.28. The number of likely N-dealkylation sites (N-methyl/N-ethyl adjacent to an activating group) is 1. The first-order chi connectivity index (χ1) is 12.6. The molecule has 162 valence electrons. The maximum absolute atomic E-state index is 11.8. The highest BCUT2D eigenvalue weighted by Crippen LogP contribution is 2.38. The smallest absolute Gasteiger partial charge is 0.302 e. The number of carbonyl (C=O) groups is 1. The summed E-state index contributed by atoms with van der Waals surface area (Å²) in [6.45, 7) is 3.92. The van der Waals surface area contributed by atoms with Crippen LogP contribution in [0, 0.1) is 0 Å². The summed E-state index contributed by atoms with van der Waals surface area (Å²) < 4.78 is 27.4. The maximum Gasteiger partial charge on any atom is 0.302 e. The van der Waals surface area contributed by atoms with Gasteiger partial charge >= 0.3 is 5.97 Å². The Hall–Kier alpha value is -0.460. The number of ether oxygens (including phenoxy) is 1. The lowest BCUT2D eigenvalue weighted by Crippen LogP contribution is -2.37. The summed E-state index contributed by atoms with van der Waals surface area (Å²) in [4.78, 5) is 23.1. The first kappa shape index (κ1) is 26.5. The number of unbranched alkanes of at least 4 members (excludes halogenated alkanes) is 7. The van der Waals surface area contributed by atoms with Crippen LogP contribution < -0.4 is 4.89 Å². The van der Waals surface area contributed by atoms with E-state index in [9.17, 15) is 14.3 Å². The molecular weight excluding hydrogens is 369 g/mol. The molecule has 0 fully saturated rings. The van der Waals surface area contributed by atoms with Crippen LogP contribution in [0.25, 0.3) is 0 Å². The molecule has 0 aromatic heterocycles. The minimum absolute atomic E-state index is 0.0561. The summed E-state index contributed by atoms with van der Waals surface area (Å²) in [5.41, 5.74) is 0. The molecule has 8 heteroatoms. The minimum atomic E-state index is -4.39. The quantitative estimate of drug-likeness (QED) is 0.158. The van der Waals surface area contributed by atoms with Gasteiger partial charge in [0.15, 0.2) is 0 Å². The fourth-order valence-electron chi connectivity index (χ4n) is 2.56.